The number of aromatic amines is 1. The van der Waals surface area contributed by atoms with Gasteiger partial charge in [0.05, 0.1) is 6.54 Å². The average Bonchev–Trinajstić information content (AvgIpc) is 2.63. The largest absolute Gasteiger partial charge is 0.360 e. The van der Waals surface area contributed by atoms with E-state index in [0.29, 0.717) is 17.4 Å². The van der Waals surface area contributed by atoms with Crippen LogP contribution in [0.25, 0.3) is 10.9 Å². The van der Waals surface area contributed by atoms with Gasteiger partial charge in [-0.25, -0.2) is 0 Å². The molecule has 2 aromatic rings. The zero-order chi connectivity index (χ0) is 18.2. The Bertz CT molecular complexity index is 806. The number of unbranched alkanes of at least 4 members (excludes halogenated alkanes) is 1. The summed E-state index contributed by atoms with van der Waals surface area (Å²) in [5, 5.41) is 5.70. The van der Waals surface area contributed by atoms with E-state index >= 15 is 0 Å². The molecule has 7 nitrogen and oxygen atoms in total. The third kappa shape index (κ3) is 5.57. The highest BCUT2D eigenvalue weighted by Gasteiger charge is 2.15. The van der Waals surface area contributed by atoms with E-state index in [2.05, 4.69) is 22.5 Å². The van der Waals surface area contributed by atoms with Crippen LogP contribution in [0.5, 0.6) is 0 Å². The lowest BCUT2D eigenvalue weighted by Gasteiger charge is -2.16. The monoisotopic (exact) mass is 380 g/mol. The molecule has 0 saturated carbocycles. The number of hydrogen-bond acceptors (Lipinski definition) is 4. The van der Waals surface area contributed by atoms with Crippen LogP contribution in [-0.2, 0) is 4.79 Å². The van der Waals surface area contributed by atoms with E-state index in [4.69, 9.17) is 5.73 Å². The number of hydrogen-bond donors (Lipinski definition) is 4. The molecule has 0 aliphatic heterocycles. The van der Waals surface area contributed by atoms with Gasteiger partial charge in [0.2, 0.25) is 11.3 Å². The number of aromatic nitrogens is 1. The summed E-state index contributed by atoms with van der Waals surface area (Å²) >= 11 is 0. The minimum atomic E-state index is -0.583. The molecule has 0 aliphatic rings. The lowest BCUT2D eigenvalue weighted by Crippen LogP contribution is -2.45. The number of amides is 2. The molecule has 1 aromatic carbocycles. The number of rotatable bonds is 8. The Morgan fingerprint density at radius 1 is 1.27 bits per heavy atom. The van der Waals surface area contributed by atoms with Crippen LogP contribution >= 0.6 is 12.4 Å². The molecule has 0 spiro atoms. The van der Waals surface area contributed by atoms with Crippen LogP contribution < -0.4 is 21.8 Å². The fourth-order valence-electron chi connectivity index (χ4n) is 2.57. The molecule has 0 fully saturated rings. The average molecular weight is 381 g/mol. The summed E-state index contributed by atoms with van der Waals surface area (Å²) in [6.45, 7) is 2.22. The maximum absolute atomic E-state index is 12.4. The molecular weight excluding hydrogens is 356 g/mol. The molecule has 0 aliphatic carbocycles. The van der Waals surface area contributed by atoms with E-state index in [9.17, 15) is 14.4 Å². The molecule has 8 heteroatoms. The van der Waals surface area contributed by atoms with Crippen molar-refractivity contribution in [3.8, 4) is 0 Å². The summed E-state index contributed by atoms with van der Waals surface area (Å²) < 4.78 is 0. The Hall–Kier alpha value is -2.38. The third-order valence-electron chi connectivity index (χ3n) is 4.00. The van der Waals surface area contributed by atoms with Crippen LogP contribution in [0.3, 0.4) is 0 Å². The first-order chi connectivity index (χ1) is 12.1. The maximum Gasteiger partial charge on any atom is 0.257 e. The van der Waals surface area contributed by atoms with Gasteiger partial charge in [-0.2, -0.15) is 0 Å². The van der Waals surface area contributed by atoms with Gasteiger partial charge in [-0.05, 0) is 18.6 Å². The molecule has 2 amide bonds. The van der Waals surface area contributed by atoms with E-state index in [1.807, 2.05) is 0 Å². The van der Waals surface area contributed by atoms with Crippen LogP contribution in [0.4, 0.5) is 0 Å². The Morgan fingerprint density at radius 3 is 2.69 bits per heavy atom. The number of para-hydroxylation sites is 1. The summed E-state index contributed by atoms with van der Waals surface area (Å²) in [5.74, 6) is -0.905. The van der Waals surface area contributed by atoms with Gasteiger partial charge >= 0.3 is 0 Å². The predicted octanol–water partition coefficient (Wildman–Crippen LogP) is 1.31. The molecule has 1 aromatic heterocycles. The smallest absolute Gasteiger partial charge is 0.257 e. The van der Waals surface area contributed by atoms with Gasteiger partial charge in [0.15, 0.2) is 0 Å². The first-order valence-electron chi connectivity index (χ1n) is 8.44. The van der Waals surface area contributed by atoms with Gasteiger partial charge in [0.1, 0.15) is 5.56 Å². The van der Waals surface area contributed by atoms with Gasteiger partial charge in [0, 0.05) is 29.7 Å². The lowest BCUT2D eigenvalue weighted by atomic mass is 10.1. The molecular formula is C18H25ClN4O3. The SMILES string of the molecule is CCCCC(CN)NC(=O)CNC(=O)c1c[nH]c2ccccc2c1=O.Cl. The minimum absolute atomic E-state index is 0. The highest BCUT2D eigenvalue weighted by Crippen LogP contribution is 2.06. The number of benzene rings is 1. The highest BCUT2D eigenvalue weighted by molar-refractivity contribution is 5.98. The number of H-pyrrole nitrogens is 1. The number of nitrogens with two attached hydrogens (primary N) is 1. The van der Waals surface area contributed by atoms with Crippen LogP contribution in [0.1, 0.15) is 36.5 Å². The van der Waals surface area contributed by atoms with Crippen LogP contribution in [0, 0.1) is 0 Å². The number of carbonyl (C=O) groups is 2. The number of pyridine rings is 1. The molecule has 0 radical (unpaired) electrons. The number of carbonyl (C=O) groups excluding carboxylic acids is 2. The molecule has 142 valence electrons. The molecule has 0 bridgehead atoms. The number of nitrogens with one attached hydrogen (secondary N) is 3. The summed E-state index contributed by atoms with van der Waals surface area (Å²) in [6.07, 6.45) is 4.16. The van der Waals surface area contributed by atoms with Crippen molar-refractivity contribution in [2.24, 2.45) is 5.73 Å². The molecule has 0 saturated heterocycles. The van der Waals surface area contributed by atoms with Gasteiger partial charge < -0.3 is 21.4 Å². The zero-order valence-electron chi connectivity index (χ0n) is 14.7. The van der Waals surface area contributed by atoms with Gasteiger partial charge in [-0.3, -0.25) is 14.4 Å². The predicted molar refractivity (Wildman–Crippen MR) is 105 cm³/mol. The molecule has 1 unspecified atom stereocenters. The fourth-order valence-corrected chi connectivity index (χ4v) is 2.57. The van der Waals surface area contributed by atoms with Crippen molar-refractivity contribution in [3.63, 3.8) is 0 Å². The van der Waals surface area contributed by atoms with Crippen molar-refractivity contribution < 1.29 is 9.59 Å². The minimum Gasteiger partial charge on any atom is -0.360 e. The molecule has 1 atom stereocenters. The quantitative estimate of drug-likeness (QED) is 0.552. The standard InChI is InChI=1S/C18H24N4O3.ClH/c1-2-3-6-12(9-19)22-16(23)11-21-18(25)14-10-20-15-8-5-4-7-13(15)17(14)24;/h4-5,7-8,10,12H,2-3,6,9,11,19H2,1H3,(H,20,24)(H,21,25)(H,22,23);1H. The highest BCUT2D eigenvalue weighted by atomic mass is 35.5. The van der Waals surface area contributed by atoms with E-state index in [0.717, 1.165) is 19.3 Å². The molecule has 5 N–H and O–H groups in total. The Morgan fingerprint density at radius 2 is 2.00 bits per heavy atom. The first-order valence-corrected chi connectivity index (χ1v) is 8.44. The van der Waals surface area contributed by atoms with Gasteiger partial charge in [0.25, 0.3) is 5.91 Å². The zero-order valence-corrected chi connectivity index (χ0v) is 15.5. The summed E-state index contributed by atoms with van der Waals surface area (Å²) in [6, 6.07) is 6.84. The van der Waals surface area contributed by atoms with Crippen molar-refractivity contribution >= 4 is 35.1 Å². The second kappa shape index (κ2) is 10.6. The maximum atomic E-state index is 12.4. The van der Waals surface area contributed by atoms with E-state index in [1.54, 1.807) is 24.3 Å². The normalized spacial score (nSPS) is 11.5. The second-order valence-corrected chi connectivity index (χ2v) is 5.90. The first kappa shape index (κ1) is 21.7. The van der Waals surface area contributed by atoms with Gasteiger partial charge in [-0.15, -0.1) is 12.4 Å². The molecule has 1 heterocycles. The molecule has 2 rings (SSSR count). The summed E-state index contributed by atoms with van der Waals surface area (Å²) in [4.78, 5) is 39.4. The topological polar surface area (TPSA) is 117 Å². The Labute approximate surface area is 158 Å². The van der Waals surface area contributed by atoms with Crippen LogP contribution in [-0.4, -0.2) is 35.9 Å². The van der Waals surface area contributed by atoms with Crippen molar-refractivity contribution in [1.82, 2.24) is 15.6 Å². The lowest BCUT2D eigenvalue weighted by molar-refractivity contribution is -0.120. The fraction of sp³-hybridized carbons (Fsp3) is 0.389. The number of halogens is 1. The summed E-state index contributed by atoms with van der Waals surface area (Å²) in [5.41, 5.74) is 5.90. The summed E-state index contributed by atoms with van der Waals surface area (Å²) in [7, 11) is 0. The van der Waals surface area contributed by atoms with Crippen molar-refractivity contribution in [1.29, 1.82) is 0 Å². The number of fused-ring (bicyclic) bond motifs is 1. The van der Waals surface area contributed by atoms with E-state index in [-0.39, 0.29) is 41.9 Å². The van der Waals surface area contributed by atoms with Crippen molar-refractivity contribution in [3.05, 3.63) is 46.2 Å². The van der Waals surface area contributed by atoms with Crippen LogP contribution in [0.15, 0.2) is 35.3 Å². The Balaban J connectivity index is 0.00000338. The van der Waals surface area contributed by atoms with E-state index < -0.39 is 5.91 Å². The second-order valence-electron chi connectivity index (χ2n) is 5.90. The molecule has 26 heavy (non-hydrogen) atoms. The van der Waals surface area contributed by atoms with Crippen molar-refractivity contribution in [2.75, 3.05) is 13.1 Å². The van der Waals surface area contributed by atoms with E-state index in [1.165, 1.54) is 6.20 Å². The van der Waals surface area contributed by atoms with Crippen LogP contribution in [0.2, 0.25) is 0 Å². The Kier molecular flexibility index (Phi) is 8.81. The van der Waals surface area contributed by atoms with Crippen molar-refractivity contribution in [2.45, 2.75) is 32.2 Å². The third-order valence-corrected chi connectivity index (χ3v) is 4.00. The van der Waals surface area contributed by atoms with Gasteiger partial charge in [-0.1, -0.05) is 31.9 Å².